The smallest absolute Gasteiger partial charge is 0.303 e. The molecule has 7 nitrogen and oxygen atoms in total. The zero-order valence-corrected chi connectivity index (χ0v) is 17.2. The number of aromatic nitrogens is 2. The molecule has 1 unspecified atom stereocenters. The summed E-state index contributed by atoms with van der Waals surface area (Å²) in [4.78, 5) is 14.9. The van der Waals surface area contributed by atoms with Gasteiger partial charge in [-0.3, -0.25) is 4.79 Å². The van der Waals surface area contributed by atoms with Gasteiger partial charge in [-0.05, 0) is 55.9 Å². The SMILES string of the molecule is O=C(O)CCC(CCCCNS(=O)(=O)c1ccc(F)cc1)CCCn1ccnc1. The zero-order valence-electron chi connectivity index (χ0n) is 16.3. The minimum Gasteiger partial charge on any atom is -0.481 e. The lowest BCUT2D eigenvalue weighted by Crippen LogP contribution is -2.24. The first kappa shape index (κ1) is 23.0. The molecule has 160 valence electrons. The Bertz CT molecular complexity index is 839. The molecule has 0 spiro atoms. The number of carboxylic acid groups (broad SMARTS) is 1. The second kappa shape index (κ2) is 11.7. The normalized spacial score (nSPS) is 12.7. The Labute approximate surface area is 171 Å². The van der Waals surface area contributed by atoms with Crippen molar-refractivity contribution in [1.82, 2.24) is 14.3 Å². The predicted molar refractivity (Wildman–Crippen MR) is 107 cm³/mol. The minimum atomic E-state index is -3.64. The number of imidazole rings is 1. The van der Waals surface area contributed by atoms with E-state index in [9.17, 15) is 17.6 Å². The van der Waals surface area contributed by atoms with Crippen LogP contribution in [0.3, 0.4) is 0 Å². The largest absolute Gasteiger partial charge is 0.481 e. The molecule has 1 heterocycles. The average Bonchev–Trinajstić information content (AvgIpc) is 3.19. The van der Waals surface area contributed by atoms with Crippen LogP contribution in [0.15, 0.2) is 47.9 Å². The van der Waals surface area contributed by atoms with E-state index < -0.39 is 21.8 Å². The second-order valence-electron chi connectivity index (χ2n) is 7.09. The molecule has 0 amide bonds. The molecule has 0 saturated carbocycles. The summed E-state index contributed by atoms with van der Waals surface area (Å²) >= 11 is 0. The van der Waals surface area contributed by atoms with Gasteiger partial charge in [0.1, 0.15) is 5.82 Å². The van der Waals surface area contributed by atoms with Gasteiger partial charge in [-0.25, -0.2) is 22.5 Å². The number of halogens is 1. The Hall–Kier alpha value is -2.26. The molecule has 0 radical (unpaired) electrons. The van der Waals surface area contributed by atoms with Gasteiger partial charge < -0.3 is 9.67 Å². The minimum absolute atomic E-state index is 0.0396. The van der Waals surface area contributed by atoms with Crippen molar-refractivity contribution in [3.05, 3.63) is 48.8 Å². The van der Waals surface area contributed by atoms with Gasteiger partial charge in [0.15, 0.2) is 0 Å². The standard InChI is InChI=1S/C20H28FN3O4S/c21-18-7-9-19(10-8-18)29(27,28)23-12-2-1-4-17(6-11-20(25)26)5-3-14-24-15-13-22-16-24/h7-10,13,15-17,23H,1-6,11-12,14H2,(H,25,26). The van der Waals surface area contributed by atoms with Crippen molar-refractivity contribution in [2.75, 3.05) is 6.54 Å². The monoisotopic (exact) mass is 425 g/mol. The molecule has 0 fully saturated rings. The van der Waals surface area contributed by atoms with Crippen molar-refractivity contribution < 1.29 is 22.7 Å². The Kier molecular flexibility index (Phi) is 9.27. The fraction of sp³-hybridized carbons (Fsp3) is 0.500. The predicted octanol–water partition coefficient (Wildman–Crippen LogP) is 3.43. The number of benzene rings is 1. The van der Waals surface area contributed by atoms with Crippen LogP contribution < -0.4 is 4.72 Å². The van der Waals surface area contributed by atoms with Gasteiger partial charge in [0.05, 0.1) is 11.2 Å². The molecule has 0 saturated heterocycles. The van der Waals surface area contributed by atoms with Gasteiger partial charge in [0.25, 0.3) is 0 Å². The van der Waals surface area contributed by atoms with Crippen molar-refractivity contribution in [2.24, 2.45) is 5.92 Å². The molecule has 2 rings (SSSR count). The van der Waals surface area contributed by atoms with Gasteiger partial charge in [-0.15, -0.1) is 0 Å². The molecule has 2 N–H and O–H groups in total. The number of nitrogens with zero attached hydrogens (tertiary/aromatic N) is 2. The molecule has 2 aromatic rings. The summed E-state index contributed by atoms with van der Waals surface area (Å²) in [5.41, 5.74) is 0. The highest BCUT2D eigenvalue weighted by Crippen LogP contribution is 2.21. The number of carbonyl (C=O) groups is 1. The van der Waals surface area contributed by atoms with Crippen LogP contribution in [-0.4, -0.2) is 35.6 Å². The fourth-order valence-corrected chi connectivity index (χ4v) is 4.28. The van der Waals surface area contributed by atoms with Crippen molar-refractivity contribution in [2.45, 2.75) is 56.4 Å². The van der Waals surface area contributed by atoms with Crippen LogP contribution in [0.4, 0.5) is 4.39 Å². The number of carboxylic acids is 1. The number of sulfonamides is 1. The molecular weight excluding hydrogens is 397 g/mol. The van der Waals surface area contributed by atoms with Crippen LogP contribution in [0.25, 0.3) is 0 Å². The van der Waals surface area contributed by atoms with Gasteiger partial charge in [0.2, 0.25) is 10.0 Å². The average molecular weight is 426 g/mol. The number of rotatable bonds is 14. The first-order valence-electron chi connectivity index (χ1n) is 9.79. The summed E-state index contributed by atoms with van der Waals surface area (Å²) in [5.74, 6) is -0.982. The number of aryl methyl sites for hydroxylation is 1. The van der Waals surface area contributed by atoms with Crippen LogP contribution in [0.2, 0.25) is 0 Å². The van der Waals surface area contributed by atoms with Crippen molar-refractivity contribution in [3.63, 3.8) is 0 Å². The maximum Gasteiger partial charge on any atom is 0.303 e. The topological polar surface area (TPSA) is 101 Å². The van der Waals surface area contributed by atoms with Crippen LogP contribution in [0.5, 0.6) is 0 Å². The molecule has 1 atom stereocenters. The van der Waals surface area contributed by atoms with Gasteiger partial charge in [-0.2, -0.15) is 0 Å². The van der Waals surface area contributed by atoms with Crippen molar-refractivity contribution in [1.29, 1.82) is 0 Å². The van der Waals surface area contributed by atoms with E-state index in [0.29, 0.717) is 25.3 Å². The van der Waals surface area contributed by atoms with E-state index in [1.807, 2.05) is 10.8 Å². The molecule has 0 bridgehead atoms. The first-order chi connectivity index (χ1) is 13.9. The van der Waals surface area contributed by atoms with Crippen molar-refractivity contribution >= 4 is 16.0 Å². The van der Waals surface area contributed by atoms with Crippen LogP contribution in [-0.2, 0) is 21.4 Å². The van der Waals surface area contributed by atoms with Gasteiger partial charge in [0, 0.05) is 31.9 Å². The highest BCUT2D eigenvalue weighted by Gasteiger charge is 2.14. The maximum atomic E-state index is 12.9. The van der Waals surface area contributed by atoms with Crippen LogP contribution >= 0.6 is 0 Å². The lowest BCUT2D eigenvalue weighted by atomic mass is 9.92. The lowest BCUT2D eigenvalue weighted by Gasteiger charge is -2.16. The molecule has 29 heavy (non-hydrogen) atoms. The molecular formula is C20H28FN3O4S. The molecule has 1 aromatic carbocycles. The number of hydrogen-bond acceptors (Lipinski definition) is 4. The van der Waals surface area contributed by atoms with E-state index >= 15 is 0 Å². The maximum absolute atomic E-state index is 12.9. The molecule has 9 heteroatoms. The van der Waals surface area contributed by atoms with Gasteiger partial charge >= 0.3 is 5.97 Å². The Morgan fingerprint density at radius 1 is 1.14 bits per heavy atom. The van der Waals surface area contributed by atoms with E-state index in [0.717, 1.165) is 44.4 Å². The van der Waals surface area contributed by atoms with E-state index in [4.69, 9.17) is 5.11 Å². The highest BCUT2D eigenvalue weighted by molar-refractivity contribution is 7.89. The quantitative estimate of drug-likeness (QED) is 0.452. The third-order valence-electron chi connectivity index (χ3n) is 4.81. The fourth-order valence-electron chi connectivity index (χ4n) is 3.20. The summed E-state index contributed by atoms with van der Waals surface area (Å²) in [6.07, 6.45) is 10.4. The Morgan fingerprint density at radius 2 is 1.86 bits per heavy atom. The third-order valence-corrected chi connectivity index (χ3v) is 6.29. The van der Waals surface area contributed by atoms with E-state index in [-0.39, 0.29) is 11.3 Å². The molecule has 1 aromatic heterocycles. The Balaban J connectivity index is 1.71. The summed E-state index contributed by atoms with van der Waals surface area (Å²) in [6, 6.07) is 4.70. The number of hydrogen-bond donors (Lipinski definition) is 2. The summed E-state index contributed by atoms with van der Waals surface area (Å²) < 4.78 is 41.8. The number of aliphatic carboxylic acids is 1. The number of nitrogens with one attached hydrogen (secondary N) is 1. The van der Waals surface area contributed by atoms with E-state index in [1.165, 1.54) is 12.1 Å². The second-order valence-corrected chi connectivity index (χ2v) is 8.86. The molecule has 0 aliphatic rings. The summed E-state index contributed by atoms with van der Waals surface area (Å²) in [6.45, 7) is 1.14. The lowest BCUT2D eigenvalue weighted by molar-refractivity contribution is -0.137. The van der Waals surface area contributed by atoms with Gasteiger partial charge in [-0.1, -0.05) is 12.8 Å². The molecule has 0 aliphatic carbocycles. The van der Waals surface area contributed by atoms with E-state index in [2.05, 4.69) is 9.71 Å². The molecule has 0 aliphatic heterocycles. The first-order valence-corrected chi connectivity index (χ1v) is 11.3. The summed E-state index contributed by atoms with van der Waals surface area (Å²) in [7, 11) is -3.64. The van der Waals surface area contributed by atoms with Crippen LogP contribution in [0, 0.1) is 11.7 Å². The highest BCUT2D eigenvalue weighted by atomic mass is 32.2. The number of unbranched alkanes of at least 4 members (excludes halogenated alkanes) is 1. The Morgan fingerprint density at radius 3 is 2.52 bits per heavy atom. The van der Waals surface area contributed by atoms with Crippen molar-refractivity contribution in [3.8, 4) is 0 Å². The van der Waals surface area contributed by atoms with E-state index in [1.54, 1.807) is 12.5 Å². The third kappa shape index (κ3) is 8.74. The summed E-state index contributed by atoms with van der Waals surface area (Å²) in [5, 5.41) is 8.95. The zero-order chi connectivity index (χ0) is 21.1. The van der Waals surface area contributed by atoms with Crippen LogP contribution in [0.1, 0.15) is 44.9 Å².